The van der Waals surface area contributed by atoms with Gasteiger partial charge in [0, 0.05) is 0 Å². The largest absolute Gasteiger partial charge is 2.00 e. The Kier molecular flexibility index (Phi) is 18.0. The Balaban J connectivity index is -0.000000256. The average molecular weight is 457 g/mol. The van der Waals surface area contributed by atoms with Gasteiger partial charge in [0.15, 0.2) is 0 Å². The minimum absolute atomic E-state index is 0. The van der Waals surface area contributed by atoms with E-state index in [4.69, 9.17) is 0 Å². The standard InChI is InChI=1S/2C7H10O2.Pb/c2*1-3-4-5-6(2)7(8)9;/h2*3H,1-2,4-5H2,(H,8,9);/q;;+2/p-2. The van der Waals surface area contributed by atoms with Gasteiger partial charge in [-0.1, -0.05) is 25.3 Å². The van der Waals surface area contributed by atoms with Gasteiger partial charge in [-0.25, -0.2) is 0 Å². The van der Waals surface area contributed by atoms with Gasteiger partial charge in [0.1, 0.15) is 0 Å². The molecule has 0 spiro atoms. The third-order valence-electron chi connectivity index (χ3n) is 1.88. The van der Waals surface area contributed by atoms with Crippen molar-refractivity contribution in [3.63, 3.8) is 0 Å². The molecule has 0 aromatic heterocycles. The summed E-state index contributed by atoms with van der Waals surface area (Å²) in [6.07, 6.45) is 5.46. The second-order valence-corrected chi connectivity index (χ2v) is 3.44. The normalized spacial score (nSPS) is 8.00. The van der Waals surface area contributed by atoms with E-state index < -0.39 is 11.9 Å². The van der Waals surface area contributed by atoms with Crippen molar-refractivity contribution < 1.29 is 19.8 Å². The third kappa shape index (κ3) is 16.8. The molecule has 0 fully saturated rings. The monoisotopic (exact) mass is 458 g/mol. The SMILES string of the molecule is C=CCCC(=C)C(=O)[O-].C=CCCC(=C)C(=O)[O-].[Pb+2]. The van der Waals surface area contributed by atoms with Gasteiger partial charge in [0.25, 0.3) is 0 Å². The molecule has 0 atom stereocenters. The minimum Gasteiger partial charge on any atom is -0.545 e. The summed E-state index contributed by atoms with van der Waals surface area (Å²) in [7, 11) is 0. The molecule has 4 nitrogen and oxygen atoms in total. The van der Waals surface area contributed by atoms with Crippen LogP contribution in [0.1, 0.15) is 25.7 Å². The topological polar surface area (TPSA) is 80.3 Å². The molecule has 102 valence electrons. The number of rotatable bonds is 8. The van der Waals surface area contributed by atoms with Gasteiger partial charge in [0.2, 0.25) is 0 Å². The zero-order valence-electron chi connectivity index (χ0n) is 10.9. The molecule has 0 N–H and O–H groups in total. The van der Waals surface area contributed by atoms with Crippen LogP contribution in [0, 0.1) is 0 Å². The van der Waals surface area contributed by atoms with Crippen LogP contribution in [0.4, 0.5) is 0 Å². The van der Waals surface area contributed by atoms with Crippen molar-refractivity contribution in [1.29, 1.82) is 0 Å². The van der Waals surface area contributed by atoms with Gasteiger partial charge in [-0.3, -0.25) is 0 Å². The Morgan fingerprint density at radius 1 is 0.842 bits per heavy atom. The van der Waals surface area contributed by atoms with E-state index in [2.05, 4.69) is 26.3 Å². The number of hydrogen-bond acceptors (Lipinski definition) is 4. The van der Waals surface area contributed by atoms with E-state index in [-0.39, 0.29) is 38.4 Å². The maximum absolute atomic E-state index is 9.96. The number of hydrogen-bond donors (Lipinski definition) is 0. The van der Waals surface area contributed by atoms with Crippen LogP contribution in [0.15, 0.2) is 49.6 Å². The first-order valence-electron chi connectivity index (χ1n) is 5.36. The molecule has 0 aromatic rings. The molecule has 0 aromatic carbocycles. The van der Waals surface area contributed by atoms with Crippen molar-refractivity contribution in [1.82, 2.24) is 0 Å². The molecular formula is C14H18O4Pb. The van der Waals surface area contributed by atoms with Crippen LogP contribution >= 0.6 is 0 Å². The van der Waals surface area contributed by atoms with Gasteiger partial charge >= 0.3 is 27.3 Å². The number of carbonyl (C=O) groups excluding carboxylic acids is 2. The zero-order chi connectivity index (χ0) is 14.6. The van der Waals surface area contributed by atoms with Crippen LogP contribution in [0.3, 0.4) is 0 Å². The first-order chi connectivity index (χ1) is 8.36. The second-order valence-electron chi connectivity index (χ2n) is 3.44. The summed E-state index contributed by atoms with van der Waals surface area (Å²) in [5.74, 6) is -2.34. The van der Waals surface area contributed by atoms with E-state index in [0.29, 0.717) is 25.7 Å². The molecule has 5 heteroatoms. The number of aliphatic carboxylic acids is 2. The summed E-state index contributed by atoms with van der Waals surface area (Å²) in [5, 5.41) is 19.9. The van der Waals surface area contributed by atoms with Crippen molar-refractivity contribution in [3.05, 3.63) is 49.6 Å². The molecule has 0 unspecified atom stereocenters. The fourth-order valence-electron chi connectivity index (χ4n) is 0.757. The summed E-state index contributed by atoms with van der Waals surface area (Å²) in [6.45, 7) is 13.4. The van der Waals surface area contributed by atoms with Gasteiger partial charge in [-0.05, 0) is 36.8 Å². The van der Waals surface area contributed by atoms with Crippen LogP contribution in [0.2, 0.25) is 0 Å². The number of carbonyl (C=O) groups is 2. The second kappa shape index (κ2) is 14.9. The van der Waals surface area contributed by atoms with Crippen LogP contribution in [-0.4, -0.2) is 39.2 Å². The fraction of sp³-hybridized carbons (Fsp3) is 0.286. The first kappa shape index (κ1) is 23.0. The molecule has 0 saturated heterocycles. The summed E-state index contributed by atoms with van der Waals surface area (Å²) in [5.41, 5.74) is 0.268. The zero-order valence-corrected chi connectivity index (χ0v) is 14.8. The smallest absolute Gasteiger partial charge is 0.545 e. The summed E-state index contributed by atoms with van der Waals surface area (Å²) in [6, 6.07) is 0. The Labute approximate surface area is 134 Å². The van der Waals surface area contributed by atoms with Crippen molar-refractivity contribution in [2.75, 3.05) is 0 Å². The minimum atomic E-state index is -1.17. The van der Waals surface area contributed by atoms with Crippen LogP contribution in [0.5, 0.6) is 0 Å². The van der Waals surface area contributed by atoms with Crippen molar-refractivity contribution in [3.8, 4) is 0 Å². The van der Waals surface area contributed by atoms with Crippen LogP contribution in [0.25, 0.3) is 0 Å². The van der Waals surface area contributed by atoms with Gasteiger partial charge in [-0.2, -0.15) is 0 Å². The molecule has 0 rings (SSSR count). The maximum atomic E-state index is 9.96. The summed E-state index contributed by atoms with van der Waals surface area (Å²) < 4.78 is 0. The van der Waals surface area contributed by atoms with E-state index in [1.54, 1.807) is 12.2 Å². The predicted octanol–water partition coefficient (Wildman–Crippen LogP) is 0.137. The van der Waals surface area contributed by atoms with Crippen LogP contribution in [-0.2, 0) is 9.59 Å². The number of allylic oxidation sites excluding steroid dienone is 2. The first-order valence-corrected chi connectivity index (χ1v) is 5.36. The molecule has 19 heavy (non-hydrogen) atoms. The Morgan fingerprint density at radius 3 is 1.26 bits per heavy atom. The maximum Gasteiger partial charge on any atom is 2.00 e. The molecule has 0 saturated carbocycles. The third-order valence-corrected chi connectivity index (χ3v) is 1.88. The Hall–Kier alpha value is -1.18. The number of carboxylic acid groups (broad SMARTS) is 2. The number of carboxylic acids is 2. The quantitative estimate of drug-likeness (QED) is 0.295. The molecular weight excluding hydrogens is 439 g/mol. The molecule has 0 bridgehead atoms. The molecule has 0 aliphatic heterocycles. The fourth-order valence-corrected chi connectivity index (χ4v) is 0.757. The van der Waals surface area contributed by atoms with E-state index >= 15 is 0 Å². The van der Waals surface area contributed by atoms with Gasteiger partial charge in [-0.15, -0.1) is 13.2 Å². The van der Waals surface area contributed by atoms with E-state index in [1.165, 1.54) is 0 Å². The molecule has 0 heterocycles. The Morgan fingerprint density at radius 2 is 1.11 bits per heavy atom. The average Bonchev–Trinajstić information content (AvgIpc) is 2.33. The van der Waals surface area contributed by atoms with Gasteiger partial charge < -0.3 is 19.8 Å². The van der Waals surface area contributed by atoms with Crippen molar-refractivity contribution in [2.45, 2.75) is 25.7 Å². The van der Waals surface area contributed by atoms with Gasteiger partial charge in [0.05, 0.1) is 11.9 Å². The van der Waals surface area contributed by atoms with Crippen molar-refractivity contribution in [2.24, 2.45) is 0 Å². The van der Waals surface area contributed by atoms with E-state index in [0.717, 1.165) is 0 Å². The molecule has 0 aliphatic carbocycles. The summed E-state index contributed by atoms with van der Waals surface area (Å²) in [4.78, 5) is 19.9. The van der Waals surface area contributed by atoms with E-state index in [9.17, 15) is 19.8 Å². The van der Waals surface area contributed by atoms with Crippen LogP contribution < -0.4 is 10.2 Å². The van der Waals surface area contributed by atoms with Crippen molar-refractivity contribution >= 4 is 39.2 Å². The molecule has 0 aliphatic rings. The predicted molar refractivity (Wildman–Crippen MR) is 72.9 cm³/mol. The van der Waals surface area contributed by atoms with E-state index in [1.807, 2.05) is 0 Å². The molecule has 0 amide bonds. The summed E-state index contributed by atoms with van der Waals surface area (Å²) >= 11 is 0. The Bertz CT molecular complexity index is 311. The molecule has 2 radical (unpaired) electrons.